The predicted octanol–water partition coefficient (Wildman–Crippen LogP) is 4.83. The Morgan fingerprint density at radius 1 is 1.12 bits per heavy atom. The van der Waals surface area contributed by atoms with Crippen LogP contribution >= 0.6 is 35.0 Å². The van der Waals surface area contributed by atoms with Crippen molar-refractivity contribution in [2.75, 3.05) is 5.75 Å². The summed E-state index contributed by atoms with van der Waals surface area (Å²) in [6, 6.07) is 13.2. The Morgan fingerprint density at radius 2 is 1.77 bits per heavy atom. The molecule has 1 amide bonds. The monoisotopic (exact) mass is 411 g/mol. The van der Waals surface area contributed by atoms with Crippen LogP contribution in [0.3, 0.4) is 0 Å². The molecule has 0 saturated carbocycles. The third kappa shape index (κ3) is 3.92. The van der Waals surface area contributed by atoms with Crippen LogP contribution in [-0.4, -0.2) is 33.9 Å². The van der Waals surface area contributed by atoms with Gasteiger partial charge in [0.05, 0.1) is 0 Å². The molecule has 5 nitrogen and oxygen atoms in total. The van der Waals surface area contributed by atoms with E-state index in [0.717, 1.165) is 5.56 Å². The van der Waals surface area contributed by atoms with Gasteiger partial charge in [-0.1, -0.05) is 59.6 Å². The number of amides is 1. The van der Waals surface area contributed by atoms with Crippen LogP contribution in [0.1, 0.15) is 16.5 Å². The first-order valence-electron chi connectivity index (χ1n) is 7.76. The van der Waals surface area contributed by atoms with Gasteiger partial charge in [-0.15, -0.1) is 11.8 Å². The minimum absolute atomic E-state index is 0.0517. The molecule has 136 valence electrons. The van der Waals surface area contributed by atoms with Gasteiger partial charge in [-0.3, -0.25) is 4.90 Å². The van der Waals surface area contributed by atoms with Crippen LogP contribution in [0.25, 0.3) is 0 Å². The van der Waals surface area contributed by atoms with Crippen LogP contribution in [0.2, 0.25) is 10.0 Å². The molecular formula is C18H15Cl2NO4S. The maximum Gasteiger partial charge on any atom is 0.412 e. The molecule has 3 rings (SSSR count). The molecule has 2 aromatic carbocycles. The smallest absolute Gasteiger partial charge is 0.412 e. The number of carboxylic acids is 1. The molecule has 2 aromatic rings. The van der Waals surface area contributed by atoms with Crippen LogP contribution < -0.4 is 0 Å². The summed E-state index contributed by atoms with van der Waals surface area (Å²) in [5.74, 6) is -0.873. The number of hydrogen-bond donors (Lipinski definition) is 1. The summed E-state index contributed by atoms with van der Waals surface area (Å²) < 4.78 is 5.35. The Kier molecular flexibility index (Phi) is 5.96. The molecule has 0 aromatic heterocycles. The van der Waals surface area contributed by atoms with Crippen molar-refractivity contribution in [1.82, 2.24) is 4.90 Å². The van der Waals surface area contributed by atoms with E-state index in [1.54, 1.807) is 18.2 Å². The van der Waals surface area contributed by atoms with Gasteiger partial charge in [0.2, 0.25) is 0 Å². The number of rotatable bonds is 4. The summed E-state index contributed by atoms with van der Waals surface area (Å²) in [7, 11) is 0. The Balaban J connectivity index is 1.85. The van der Waals surface area contributed by atoms with E-state index in [2.05, 4.69) is 0 Å². The Labute approximate surface area is 164 Å². The highest BCUT2D eigenvalue weighted by Gasteiger charge is 2.44. The lowest BCUT2D eigenvalue weighted by molar-refractivity contribution is -0.141. The van der Waals surface area contributed by atoms with E-state index in [-0.39, 0.29) is 12.4 Å². The highest BCUT2D eigenvalue weighted by atomic mass is 35.5. The zero-order valence-corrected chi connectivity index (χ0v) is 15.8. The molecule has 8 heteroatoms. The summed E-state index contributed by atoms with van der Waals surface area (Å²) in [4.78, 5) is 25.5. The number of aliphatic carboxylic acids is 1. The first kappa shape index (κ1) is 18.9. The predicted molar refractivity (Wildman–Crippen MR) is 102 cm³/mol. The molecule has 26 heavy (non-hydrogen) atoms. The fourth-order valence-corrected chi connectivity index (χ4v) is 4.90. The number of carbonyl (C=O) groups is 2. The van der Waals surface area contributed by atoms with E-state index >= 15 is 0 Å². The second-order valence-electron chi connectivity index (χ2n) is 5.62. The van der Waals surface area contributed by atoms with E-state index < -0.39 is 23.5 Å². The molecule has 0 aliphatic carbocycles. The van der Waals surface area contributed by atoms with E-state index in [0.29, 0.717) is 15.6 Å². The summed E-state index contributed by atoms with van der Waals surface area (Å²) in [6.07, 6.45) is -0.716. The van der Waals surface area contributed by atoms with E-state index in [1.807, 2.05) is 30.3 Å². The van der Waals surface area contributed by atoms with Gasteiger partial charge < -0.3 is 9.84 Å². The summed E-state index contributed by atoms with van der Waals surface area (Å²) in [5, 5.41) is 9.62. The molecule has 1 aliphatic heterocycles. The molecule has 2 atom stereocenters. The average Bonchev–Trinajstić information content (AvgIpc) is 3.05. The third-order valence-electron chi connectivity index (χ3n) is 3.95. The van der Waals surface area contributed by atoms with E-state index in [9.17, 15) is 14.7 Å². The first-order chi connectivity index (χ1) is 12.5. The fraction of sp³-hybridized carbons (Fsp3) is 0.222. The van der Waals surface area contributed by atoms with Crippen LogP contribution in [0.4, 0.5) is 4.79 Å². The molecule has 1 fully saturated rings. The molecule has 0 bridgehead atoms. The van der Waals surface area contributed by atoms with Crippen molar-refractivity contribution < 1.29 is 19.4 Å². The number of halogens is 2. The lowest BCUT2D eigenvalue weighted by atomic mass is 10.2. The number of hydrogen-bond acceptors (Lipinski definition) is 4. The van der Waals surface area contributed by atoms with Gasteiger partial charge in [0.25, 0.3) is 0 Å². The molecule has 1 unspecified atom stereocenters. The zero-order chi connectivity index (χ0) is 18.7. The van der Waals surface area contributed by atoms with Crippen LogP contribution in [0.15, 0.2) is 48.5 Å². The van der Waals surface area contributed by atoms with Crippen LogP contribution in [0, 0.1) is 0 Å². The number of carboxylic acid groups (broad SMARTS) is 1. The minimum atomic E-state index is -1.10. The molecule has 1 aliphatic rings. The standard InChI is InChI=1S/C18H15Cl2NO4S/c19-12-7-4-8-13(20)15(12)16-21(14(10-26-16)17(22)23)18(24)25-9-11-5-2-1-3-6-11/h1-8,14,16H,9-10H2,(H,22,23)/t14-,16?/m1/s1. The minimum Gasteiger partial charge on any atom is -0.480 e. The fourth-order valence-electron chi connectivity index (χ4n) is 2.68. The Bertz CT molecular complexity index is 798. The maximum absolute atomic E-state index is 12.7. The van der Waals surface area contributed by atoms with Crippen molar-refractivity contribution in [3.8, 4) is 0 Å². The number of nitrogens with zero attached hydrogens (tertiary/aromatic N) is 1. The third-order valence-corrected chi connectivity index (χ3v) is 5.89. The lowest BCUT2D eigenvalue weighted by Gasteiger charge is -2.27. The van der Waals surface area contributed by atoms with Gasteiger partial charge in [0, 0.05) is 21.4 Å². The van der Waals surface area contributed by atoms with Gasteiger partial charge in [-0.05, 0) is 17.7 Å². The second-order valence-corrected chi connectivity index (χ2v) is 7.55. The summed E-state index contributed by atoms with van der Waals surface area (Å²) in [6.45, 7) is 0.0517. The van der Waals surface area contributed by atoms with Crippen LogP contribution in [-0.2, 0) is 16.1 Å². The molecule has 0 radical (unpaired) electrons. The Hall–Kier alpha value is -1.89. The lowest BCUT2D eigenvalue weighted by Crippen LogP contribution is -2.43. The summed E-state index contributed by atoms with van der Waals surface area (Å²) >= 11 is 13.8. The van der Waals surface area contributed by atoms with Crippen molar-refractivity contribution in [3.63, 3.8) is 0 Å². The highest BCUT2D eigenvalue weighted by molar-refractivity contribution is 7.99. The largest absolute Gasteiger partial charge is 0.480 e. The molecule has 1 saturated heterocycles. The zero-order valence-electron chi connectivity index (χ0n) is 13.5. The SMILES string of the molecule is O=C(O)[C@H]1CSC(c2c(Cl)cccc2Cl)N1C(=O)OCc1ccccc1. The number of ether oxygens (including phenoxy) is 1. The van der Waals surface area contributed by atoms with E-state index in [4.69, 9.17) is 27.9 Å². The average molecular weight is 412 g/mol. The van der Waals surface area contributed by atoms with Gasteiger partial charge in [0.1, 0.15) is 18.0 Å². The van der Waals surface area contributed by atoms with Gasteiger partial charge in [-0.25, -0.2) is 9.59 Å². The number of carbonyl (C=O) groups excluding carboxylic acids is 1. The quantitative estimate of drug-likeness (QED) is 0.779. The van der Waals surface area contributed by atoms with Crippen molar-refractivity contribution in [3.05, 3.63) is 69.7 Å². The number of thioether (sulfide) groups is 1. The first-order valence-corrected chi connectivity index (χ1v) is 9.57. The topological polar surface area (TPSA) is 66.8 Å². The van der Waals surface area contributed by atoms with Gasteiger partial charge in [0.15, 0.2) is 0 Å². The van der Waals surface area contributed by atoms with Crippen LogP contribution in [0.5, 0.6) is 0 Å². The second kappa shape index (κ2) is 8.20. The Morgan fingerprint density at radius 3 is 2.38 bits per heavy atom. The number of benzene rings is 2. The van der Waals surface area contributed by atoms with E-state index in [1.165, 1.54) is 16.7 Å². The van der Waals surface area contributed by atoms with Crippen molar-refractivity contribution in [1.29, 1.82) is 0 Å². The molecule has 1 N–H and O–H groups in total. The van der Waals surface area contributed by atoms with Crippen molar-refractivity contribution in [2.45, 2.75) is 18.0 Å². The molecule has 0 spiro atoms. The van der Waals surface area contributed by atoms with Gasteiger partial charge in [-0.2, -0.15) is 0 Å². The summed E-state index contributed by atoms with van der Waals surface area (Å²) in [5.41, 5.74) is 1.33. The normalized spacial score (nSPS) is 19.4. The van der Waals surface area contributed by atoms with Crippen molar-refractivity contribution >= 4 is 47.0 Å². The maximum atomic E-state index is 12.7. The highest BCUT2D eigenvalue weighted by Crippen LogP contribution is 2.46. The van der Waals surface area contributed by atoms with Crippen molar-refractivity contribution in [2.24, 2.45) is 0 Å². The molecular weight excluding hydrogens is 397 g/mol. The van der Waals surface area contributed by atoms with Gasteiger partial charge >= 0.3 is 12.1 Å². The molecule has 1 heterocycles.